The van der Waals surface area contributed by atoms with E-state index < -0.39 is 0 Å². The first-order valence-electron chi connectivity index (χ1n) is 4.83. The van der Waals surface area contributed by atoms with Crippen molar-refractivity contribution in [3.8, 4) is 0 Å². The SMILES string of the molecule is CC(CBr)CNC(=O)c1ccc(F)cc1I. The van der Waals surface area contributed by atoms with Gasteiger partial charge in [0.1, 0.15) is 5.82 Å². The molecule has 0 aliphatic carbocycles. The Morgan fingerprint density at radius 2 is 2.31 bits per heavy atom. The lowest BCUT2D eigenvalue weighted by Gasteiger charge is -2.10. The third-order valence-corrected chi connectivity index (χ3v) is 4.05. The van der Waals surface area contributed by atoms with Gasteiger partial charge in [0.15, 0.2) is 0 Å². The Morgan fingerprint density at radius 3 is 2.88 bits per heavy atom. The first-order valence-corrected chi connectivity index (χ1v) is 7.04. The van der Waals surface area contributed by atoms with Crippen LogP contribution in [0.3, 0.4) is 0 Å². The summed E-state index contributed by atoms with van der Waals surface area (Å²) in [7, 11) is 0. The van der Waals surface area contributed by atoms with Crippen LogP contribution in [0.5, 0.6) is 0 Å². The van der Waals surface area contributed by atoms with E-state index in [2.05, 4.69) is 21.2 Å². The summed E-state index contributed by atoms with van der Waals surface area (Å²) in [6, 6.07) is 4.15. The zero-order chi connectivity index (χ0) is 12.1. The molecule has 1 amide bonds. The quantitative estimate of drug-likeness (QED) is 0.611. The van der Waals surface area contributed by atoms with Gasteiger partial charge in [0.05, 0.1) is 5.56 Å². The van der Waals surface area contributed by atoms with Gasteiger partial charge in [0.25, 0.3) is 5.91 Å². The zero-order valence-electron chi connectivity index (χ0n) is 8.77. The Kier molecular flexibility index (Phi) is 5.68. The van der Waals surface area contributed by atoms with Gasteiger partial charge in [-0.05, 0) is 46.7 Å². The highest BCUT2D eigenvalue weighted by Crippen LogP contribution is 2.13. The second-order valence-corrected chi connectivity index (χ2v) is 5.40. The number of hydrogen-bond acceptors (Lipinski definition) is 1. The molecule has 0 saturated heterocycles. The van der Waals surface area contributed by atoms with Crippen LogP contribution in [0, 0.1) is 15.3 Å². The van der Waals surface area contributed by atoms with Crippen molar-refractivity contribution in [3.05, 3.63) is 33.1 Å². The van der Waals surface area contributed by atoms with E-state index in [9.17, 15) is 9.18 Å². The lowest BCUT2D eigenvalue weighted by molar-refractivity contribution is 0.0948. The Labute approximate surface area is 116 Å². The van der Waals surface area contributed by atoms with Crippen LogP contribution in [-0.2, 0) is 0 Å². The average Bonchev–Trinajstić information content (AvgIpc) is 2.25. The van der Waals surface area contributed by atoms with E-state index in [0.717, 1.165) is 5.33 Å². The van der Waals surface area contributed by atoms with Gasteiger partial charge in [-0.2, -0.15) is 0 Å². The zero-order valence-corrected chi connectivity index (χ0v) is 12.5. The summed E-state index contributed by atoms with van der Waals surface area (Å²) in [6.07, 6.45) is 0. The van der Waals surface area contributed by atoms with Crippen molar-refractivity contribution in [1.82, 2.24) is 5.32 Å². The monoisotopic (exact) mass is 399 g/mol. The molecule has 1 N–H and O–H groups in total. The van der Waals surface area contributed by atoms with E-state index in [1.165, 1.54) is 18.2 Å². The topological polar surface area (TPSA) is 29.1 Å². The van der Waals surface area contributed by atoms with Crippen molar-refractivity contribution >= 4 is 44.4 Å². The predicted molar refractivity (Wildman–Crippen MR) is 74.4 cm³/mol. The fourth-order valence-electron chi connectivity index (χ4n) is 1.09. The summed E-state index contributed by atoms with van der Waals surface area (Å²) in [5.74, 6) is -0.103. The van der Waals surface area contributed by atoms with Gasteiger partial charge in [0.2, 0.25) is 0 Å². The first kappa shape index (κ1) is 13.9. The number of carbonyl (C=O) groups is 1. The highest BCUT2D eigenvalue weighted by atomic mass is 127. The van der Waals surface area contributed by atoms with Crippen molar-refractivity contribution in [3.63, 3.8) is 0 Å². The second kappa shape index (κ2) is 6.54. The molecule has 1 rings (SSSR count). The van der Waals surface area contributed by atoms with E-state index in [1.54, 1.807) is 0 Å². The van der Waals surface area contributed by atoms with Gasteiger partial charge < -0.3 is 5.32 Å². The summed E-state index contributed by atoms with van der Waals surface area (Å²) in [4.78, 5) is 11.7. The van der Waals surface area contributed by atoms with Crippen LogP contribution in [0.25, 0.3) is 0 Å². The normalized spacial score (nSPS) is 12.2. The molecule has 0 radical (unpaired) electrons. The molecule has 0 bridgehead atoms. The van der Waals surface area contributed by atoms with Gasteiger partial charge in [-0.25, -0.2) is 4.39 Å². The summed E-state index contributed by atoms with van der Waals surface area (Å²) in [5.41, 5.74) is 0.517. The van der Waals surface area contributed by atoms with E-state index in [-0.39, 0.29) is 11.7 Å². The van der Waals surface area contributed by atoms with Crippen molar-refractivity contribution in [1.29, 1.82) is 0 Å². The largest absolute Gasteiger partial charge is 0.352 e. The minimum atomic E-state index is -0.324. The molecule has 1 aromatic rings. The Bertz CT molecular complexity index is 386. The average molecular weight is 400 g/mol. The lowest BCUT2D eigenvalue weighted by atomic mass is 10.2. The molecule has 0 aliphatic heterocycles. The molecule has 0 fully saturated rings. The number of carbonyl (C=O) groups excluding carboxylic acids is 1. The van der Waals surface area contributed by atoms with Crippen molar-refractivity contribution < 1.29 is 9.18 Å². The molecule has 1 unspecified atom stereocenters. The predicted octanol–water partition coefficient (Wildman–Crippen LogP) is 3.19. The highest BCUT2D eigenvalue weighted by molar-refractivity contribution is 14.1. The van der Waals surface area contributed by atoms with Gasteiger partial charge in [-0.1, -0.05) is 22.9 Å². The molecular weight excluding hydrogens is 388 g/mol. The molecule has 1 atom stereocenters. The Hall–Kier alpha value is -0.170. The Morgan fingerprint density at radius 1 is 1.62 bits per heavy atom. The molecule has 5 heteroatoms. The fraction of sp³-hybridized carbons (Fsp3) is 0.364. The molecular formula is C11H12BrFINO. The van der Waals surface area contributed by atoms with Gasteiger partial charge in [0, 0.05) is 15.4 Å². The molecule has 0 spiro atoms. The molecule has 16 heavy (non-hydrogen) atoms. The number of hydrogen-bond donors (Lipinski definition) is 1. The lowest BCUT2D eigenvalue weighted by Crippen LogP contribution is -2.29. The molecule has 0 heterocycles. The van der Waals surface area contributed by atoms with Crippen molar-refractivity contribution in [2.45, 2.75) is 6.92 Å². The van der Waals surface area contributed by atoms with Crippen molar-refractivity contribution in [2.75, 3.05) is 11.9 Å². The third-order valence-electron chi connectivity index (χ3n) is 2.05. The van der Waals surface area contributed by atoms with Crippen LogP contribution in [-0.4, -0.2) is 17.8 Å². The van der Waals surface area contributed by atoms with E-state index in [1.807, 2.05) is 29.5 Å². The maximum atomic E-state index is 12.8. The van der Waals surface area contributed by atoms with Gasteiger partial charge in [-0.3, -0.25) is 4.79 Å². The van der Waals surface area contributed by atoms with Crippen LogP contribution < -0.4 is 5.32 Å². The molecule has 0 saturated carbocycles. The Balaban J connectivity index is 2.66. The summed E-state index contributed by atoms with van der Waals surface area (Å²) >= 11 is 5.30. The van der Waals surface area contributed by atoms with E-state index in [0.29, 0.717) is 21.6 Å². The molecule has 1 aromatic carbocycles. The minimum absolute atomic E-state index is 0.155. The van der Waals surface area contributed by atoms with E-state index >= 15 is 0 Å². The minimum Gasteiger partial charge on any atom is -0.352 e. The number of nitrogens with one attached hydrogen (secondary N) is 1. The summed E-state index contributed by atoms with van der Waals surface area (Å²) in [5, 5.41) is 3.65. The van der Waals surface area contributed by atoms with Gasteiger partial charge >= 0.3 is 0 Å². The molecule has 2 nitrogen and oxygen atoms in total. The summed E-state index contributed by atoms with van der Waals surface area (Å²) < 4.78 is 13.5. The molecule has 0 aliphatic rings. The number of benzene rings is 1. The van der Waals surface area contributed by atoms with Crippen molar-refractivity contribution in [2.24, 2.45) is 5.92 Å². The highest BCUT2D eigenvalue weighted by Gasteiger charge is 2.11. The smallest absolute Gasteiger partial charge is 0.252 e. The maximum absolute atomic E-state index is 12.8. The number of alkyl halides is 1. The standard InChI is InChI=1S/C11H12BrFINO/c1-7(5-12)6-15-11(16)9-3-2-8(13)4-10(9)14/h2-4,7H,5-6H2,1H3,(H,15,16). The first-order chi connectivity index (χ1) is 7.54. The molecule has 88 valence electrons. The number of amides is 1. The fourth-order valence-corrected chi connectivity index (χ4v) is 2.04. The number of rotatable bonds is 4. The summed E-state index contributed by atoms with van der Waals surface area (Å²) in [6.45, 7) is 2.64. The second-order valence-electron chi connectivity index (χ2n) is 3.59. The maximum Gasteiger partial charge on any atom is 0.252 e. The van der Waals surface area contributed by atoms with Crippen LogP contribution in [0.2, 0.25) is 0 Å². The third kappa shape index (κ3) is 4.01. The van der Waals surface area contributed by atoms with Crippen LogP contribution in [0.4, 0.5) is 4.39 Å². The number of halogens is 3. The van der Waals surface area contributed by atoms with Crippen LogP contribution in [0.1, 0.15) is 17.3 Å². The van der Waals surface area contributed by atoms with E-state index in [4.69, 9.17) is 0 Å². The van der Waals surface area contributed by atoms with Crippen LogP contribution in [0.15, 0.2) is 18.2 Å². The van der Waals surface area contributed by atoms with Gasteiger partial charge in [-0.15, -0.1) is 0 Å². The molecule has 0 aromatic heterocycles. The van der Waals surface area contributed by atoms with Crippen LogP contribution >= 0.6 is 38.5 Å².